The Morgan fingerprint density at radius 3 is 2.36 bits per heavy atom. The van der Waals surface area contributed by atoms with Gasteiger partial charge in [0.2, 0.25) is 5.91 Å². The van der Waals surface area contributed by atoms with Gasteiger partial charge >= 0.3 is 0 Å². The normalized spacial score (nSPS) is 14.8. The van der Waals surface area contributed by atoms with Gasteiger partial charge in [0.15, 0.2) is 5.78 Å². The van der Waals surface area contributed by atoms with E-state index in [1.165, 1.54) is 5.56 Å². The van der Waals surface area contributed by atoms with Crippen LogP contribution in [0.4, 0.5) is 0 Å². The van der Waals surface area contributed by atoms with Crippen LogP contribution in [-0.2, 0) is 18.3 Å². The summed E-state index contributed by atoms with van der Waals surface area (Å²) in [7, 11) is 2.06. The number of allylic oxidation sites excluding steroid dienone is 1. The van der Waals surface area contributed by atoms with Crippen molar-refractivity contribution in [3.8, 4) is 33.9 Å². The quantitative estimate of drug-likeness (QED) is 0.277. The molecule has 0 saturated carbocycles. The van der Waals surface area contributed by atoms with E-state index >= 15 is 0 Å². The number of nitrogens with zero attached hydrogens (tertiary/aromatic N) is 2. The molecule has 0 radical (unpaired) electrons. The zero-order valence-corrected chi connectivity index (χ0v) is 23.5. The fourth-order valence-corrected chi connectivity index (χ4v) is 4.93. The van der Waals surface area contributed by atoms with Gasteiger partial charge in [0.25, 0.3) is 0 Å². The van der Waals surface area contributed by atoms with Gasteiger partial charge in [0, 0.05) is 41.4 Å². The van der Waals surface area contributed by atoms with Crippen LogP contribution in [0, 0.1) is 12.8 Å². The largest absolute Gasteiger partial charge is 0.330 e. The monoisotopic (exact) mass is 519 g/mol. The first-order chi connectivity index (χ1) is 18.7. The smallest absolute Gasteiger partial charge is 0.224 e. The van der Waals surface area contributed by atoms with Crippen molar-refractivity contribution in [1.82, 2.24) is 14.9 Å². The van der Waals surface area contributed by atoms with Gasteiger partial charge in [-0.25, -0.2) is 4.98 Å². The Hall–Kier alpha value is -4.25. The van der Waals surface area contributed by atoms with Crippen LogP contribution in [0.25, 0.3) is 33.9 Å². The first-order valence-corrected chi connectivity index (χ1v) is 13.5. The Morgan fingerprint density at radius 2 is 1.74 bits per heavy atom. The number of carbonyl (C=O) groups excluding carboxylic acids is 2. The topological polar surface area (TPSA) is 64.0 Å². The summed E-state index contributed by atoms with van der Waals surface area (Å²) in [6.45, 7) is 11.6. The fourth-order valence-electron chi connectivity index (χ4n) is 4.93. The van der Waals surface area contributed by atoms with Crippen LogP contribution in [0.3, 0.4) is 0 Å². The second-order valence-electron chi connectivity index (χ2n) is 10.2. The number of ketones is 1. The number of Topliss-reactive ketones (excluding diaryl/α,β-unsaturated/α-hetero) is 1. The van der Waals surface area contributed by atoms with E-state index in [0.29, 0.717) is 12.3 Å². The summed E-state index contributed by atoms with van der Waals surface area (Å²) >= 11 is 0. The highest BCUT2D eigenvalue weighted by atomic mass is 16.1. The predicted molar refractivity (Wildman–Crippen MR) is 159 cm³/mol. The van der Waals surface area contributed by atoms with E-state index in [4.69, 9.17) is 4.98 Å². The molecular formula is C34H37N3O2. The highest BCUT2D eigenvalue weighted by Gasteiger charge is 2.20. The van der Waals surface area contributed by atoms with E-state index in [1.807, 2.05) is 18.2 Å². The van der Waals surface area contributed by atoms with E-state index in [0.717, 1.165) is 63.6 Å². The number of aromatic nitrogens is 2. The van der Waals surface area contributed by atoms with Crippen molar-refractivity contribution >= 4 is 11.7 Å². The van der Waals surface area contributed by atoms with Gasteiger partial charge in [-0.1, -0.05) is 86.7 Å². The summed E-state index contributed by atoms with van der Waals surface area (Å²) in [4.78, 5) is 27.7. The molecule has 0 bridgehead atoms. The van der Waals surface area contributed by atoms with Gasteiger partial charge in [-0.2, -0.15) is 0 Å². The Bertz CT molecular complexity index is 1510. The lowest BCUT2D eigenvalue weighted by atomic mass is 9.98. The lowest BCUT2D eigenvalue weighted by molar-refractivity contribution is -0.121. The van der Waals surface area contributed by atoms with Gasteiger partial charge in [-0.05, 0) is 50.3 Å². The van der Waals surface area contributed by atoms with E-state index in [9.17, 15) is 9.59 Å². The van der Waals surface area contributed by atoms with Crippen molar-refractivity contribution in [3.63, 3.8) is 0 Å². The van der Waals surface area contributed by atoms with Crippen molar-refractivity contribution in [2.75, 3.05) is 0 Å². The number of nitrogens with one attached hydrogen (secondary N) is 1. The van der Waals surface area contributed by atoms with Crippen LogP contribution in [0.1, 0.15) is 55.1 Å². The van der Waals surface area contributed by atoms with Gasteiger partial charge in [0.1, 0.15) is 5.82 Å². The number of hydrogen-bond donors (Lipinski definition) is 1. The van der Waals surface area contributed by atoms with E-state index in [-0.39, 0.29) is 11.7 Å². The molecule has 2 heterocycles. The number of aryl methyl sites for hydroxylation is 2. The fraction of sp³-hybridized carbons (Fsp3) is 0.265. The number of piperidine rings is 1. The first kappa shape index (κ1) is 27.8. The maximum absolute atomic E-state index is 12.0. The third kappa shape index (κ3) is 6.26. The maximum atomic E-state index is 12.0. The molecule has 1 aliphatic rings. The highest BCUT2D eigenvalue weighted by Crippen LogP contribution is 2.36. The summed E-state index contributed by atoms with van der Waals surface area (Å²) in [5.74, 6) is 1.57. The zero-order valence-electron chi connectivity index (χ0n) is 23.5. The van der Waals surface area contributed by atoms with Gasteiger partial charge in [-0.3, -0.25) is 9.59 Å². The third-order valence-corrected chi connectivity index (χ3v) is 7.26. The molecule has 0 aliphatic carbocycles. The lowest BCUT2D eigenvalue weighted by Gasteiger charge is -2.20. The molecule has 3 aromatic carbocycles. The Kier molecular flexibility index (Phi) is 8.60. The van der Waals surface area contributed by atoms with Crippen molar-refractivity contribution in [3.05, 3.63) is 102 Å². The van der Waals surface area contributed by atoms with Crippen LogP contribution >= 0.6 is 0 Å². The number of carbonyl (C=O) groups is 2. The van der Waals surface area contributed by atoms with Crippen molar-refractivity contribution in [1.29, 1.82) is 0 Å². The molecule has 1 N–H and O–H groups in total. The van der Waals surface area contributed by atoms with Gasteiger partial charge in [0.05, 0.1) is 11.4 Å². The Morgan fingerprint density at radius 1 is 1.03 bits per heavy atom. The van der Waals surface area contributed by atoms with Gasteiger partial charge < -0.3 is 9.88 Å². The van der Waals surface area contributed by atoms with Crippen LogP contribution < -0.4 is 5.32 Å². The molecule has 1 fully saturated rings. The molecule has 1 amide bonds. The van der Waals surface area contributed by atoms with E-state index in [2.05, 4.69) is 98.9 Å². The van der Waals surface area contributed by atoms with Gasteiger partial charge in [-0.15, -0.1) is 0 Å². The van der Waals surface area contributed by atoms with E-state index < -0.39 is 0 Å². The number of benzene rings is 3. The average Bonchev–Trinajstić information content (AvgIpc) is 3.28. The number of rotatable bonds is 5. The molecule has 1 saturated heterocycles. The minimum Gasteiger partial charge on any atom is -0.330 e. The highest BCUT2D eigenvalue weighted by molar-refractivity contribution is 5.96. The molecule has 5 rings (SSSR count). The summed E-state index contributed by atoms with van der Waals surface area (Å²) in [6.07, 6.45) is 2.41. The van der Waals surface area contributed by atoms with Crippen LogP contribution in [0.15, 0.2) is 85.1 Å². The summed E-state index contributed by atoms with van der Waals surface area (Å²) in [6, 6.07) is 24.9. The Balaban J connectivity index is 0.000000333. The number of hydrogen-bond acceptors (Lipinski definition) is 3. The molecule has 5 nitrogen and oxygen atoms in total. The van der Waals surface area contributed by atoms with Crippen molar-refractivity contribution in [2.24, 2.45) is 13.0 Å². The third-order valence-electron chi connectivity index (χ3n) is 7.26. The summed E-state index contributed by atoms with van der Waals surface area (Å²) in [5, 5.41) is 2.70. The van der Waals surface area contributed by atoms with Crippen LogP contribution in [-0.4, -0.2) is 21.2 Å². The van der Waals surface area contributed by atoms with Crippen molar-refractivity contribution in [2.45, 2.75) is 47.0 Å². The average molecular weight is 520 g/mol. The first-order valence-electron chi connectivity index (χ1n) is 13.5. The Labute approximate surface area is 231 Å². The minimum absolute atomic E-state index is 0.101. The minimum atomic E-state index is 0.101. The molecule has 1 atom stereocenters. The molecule has 0 spiro atoms. The molecule has 39 heavy (non-hydrogen) atoms. The summed E-state index contributed by atoms with van der Waals surface area (Å²) < 4.78 is 2.16. The molecular weight excluding hydrogens is 482 g/mol. The predicted octanol–water partition coefficient (Wildman–Crippen LogP) is 7.54. The molecule has 5 heteroatoms. The standard InChI is InChI=1S/C27H26N2O.C7H11NO/c1-5-20-17-23(14-15-24(20)19(3)30)27-28-25(22-13-9-10-18(2)16-22)26(29(27)4)21-11-7-6-8-12-21;1-5-3-4-7(9)8-6(5)2/h6-17H,5H2,1-4H3;5H,2-4H2,1H3,(H,8,9). The maximum Gasteiger partial charge on any atom is 0.224 e. The zero-order chi connectivity index (χ0) is 28.1. The second-order valence-corrected chi connectivity index (χ2v) is 10.2. The molecule has 1 unspecified atom stereocenters. The summed E-state index contributed by atoms with van der Waals surface area (Å²) in [5.41, 5.74) is 9.23. The SMILES string of the molecule is C=C1NC(=O)CCC1C.CCc1cc(-c2nc(-c3cccc(C)c3)c(-c3ccccc3)n2C)ccc1C(C)=O. The lowest BCUT2D eigenvalue weighted by Crippen LogP contribution is -2.30. The molecule has 1 aromatic heterocycles. The molecule has 1 aliphatic heterocycles. The van der Waals surface area contributed by atoms with Crippen LogP contribution in [0.2, 0.25) is 0 Å². The van der Waals surface area contributed by atoms with E-state index in [1.54, 1.807) is 6.92 Å². The molecule has 200 valence electrons. The van der Waals surface area contributed by atoms with Crippen LogP contribution in [0.5, 0.6) is 0 Å². The number of amides is 1. The van der Waals surface area contributed by atoms with Crippen molar-refractivity contribution < 1.29 is 9.59 Å². The molecule has 4 aromatic rings. The number of imidazole rings is 1. The second kappa shape index (κ2) is 12.1.